The van der Waals surface area contributed by atoms with Crippen molar-refractivity contribution in [1.82, 2.24) is 0 Å². The van der Waals surface area contributed by atoms with Gasteiger partial charge in [0.1, 0.15) is 5.75 Å². The van der Waals surface area contributed by atoms with Crippen molar-refractivity contribution in [3.05, 3.63) is 56.6 Å². The lowest BCUT2D eigenvalue weighted by Gasteiger charge is -2.13. The van der Waals surface area contributed by atoms with Gasteiger partial charge in [0.15, 0.2) is 12.4 Å². The van der Waals surface area contributed by atoms with Gasteiger partial charge in [-0.15, -0.1) is 0 Å². The highest BCUT2D eigenvalue weighted by Crippen LogP contribution is 2.32. The number of halogens is 1. The lowest BCUT2D eigenvalue weighted by Crippen LogP contribution is -2.14. The molecule has 0 saturated heterocycles. The molecule has 0 aliphatic carbocycles. The summed E-state index contributed by atoms with van der Waals surface area (Å²) in [4.78, 5) is 33.5. The second-order valence-electron chi connectivity index (χ2n) is 5.38. The van der Waals surface area contributed by atoms with Crippen LogP contribution in [0.25, 0.3) is 0 Å². The van der Waals surface area contributed by atoms with Gasteiger partial charge in [-0.05, 0) is 30.7 Å². The van der Waals surface area contributed by atoms with E-state index in [0.29, 0.717) is 5.56 Å². The maximum atomic E-state index is 12.4. The van der Waals surface area contributed by atoms with E-state index in [2.05, 4.69) is 5.32 Å². The number of hydrogen-bond acceptors (Lipinski definition) is 6. The number of anilines is 1. The fourth-order valence-electron chi connectivity index (χ4n) is 2.21. The molecule has 9 nitrogen and oxygen atoms in total. The molecule has 2 aromatic rings. The maximum Gasteiger partial charge on any atom is 0.341 e. The number of amides is 1. The molecule has 0 atom stereocenters. The number of nitro benzene ring substituents is 1. The minimum atomic E-state index is -1.15. The van der Waals surface area contributed by atoms with E-state index in [0.717, 1.165) is 6.07 Å². The van der Waals surface area contributed by atoms with Crippen LogP contribution in [-0.4, -0.2) is 35.6 Å². The van der Waals surface area contributed by atoms with Crippen LogP contribution in [0.4, 0.5) is 11.4 Å². The van der Waals surface area contributed by atoms with E-state index in [9.17, 15) is 19.7 Å². The van der Waals surface area contributed by atoms with Crippen LogP contribution in [0.15, 0.2) is 30.3 Å². The Bertz CT molecular complexity index is 914. The van der Waals surface area contributed by atoms with Crippen molar-refractivity contribution < 1.29 is 29.1 Å². The van der Waals surface area contributed by atoms with Gasteiger partial charge in [0.2, 0.25) is 0 Å². The zero-order valence-corrected chi connectivity index (χ0v) is 15.1. The fourth-order valence-corrected chi connectivity index (χ4v) is 2.48. The van der Waals surface area contributed by atoms with Crippen LogP contribution < -0.4 is 14.8 Å². The third-order valence-corrected chi connectivity index (χ3v) is 3.81. The van der Waals surface area contributed by atoms with E-state index < -0.39 is 23.4 Å². The number of carbonyl (C=O) groups is 2. The molecule has 0 spiro atoms. The minimum absolute atomic E-state index is 0.0205. The lowest BCUT2D eigenvalue weighted by atomic mass is 10.1. The lowest BCUT2D eigenvalue weighted by molar-refractivity contribution is -0.385. The Hall–Kier alpha value is -3.33. The summed E-state index contributed by atoms with van der Waals surface area (Å²) in [6.45, 7) is 1.11. The molecule has 2 aromatic carbocycles. The zero-order chi connectivity index (χ0) is 20.1. The first-order chi connectivity index (χ1) is 12.7. The fraction of sp³-hybridized carbons (Fsp3) is 0.176. The Balaban J connectivity index is 2.29. The first kappa shape index (κ1) is 20.0. The van der Waals surface area contributed by atoms with Crippen molar-refractivity contribution >= 4 is 34.9 Å². The number of nitro groups is 1. The summed E-state index contributed by atoms with van der Waals surface area (Å²) in [5, 5.41) is 22.5. The Morgan fingerprint density at radius 1 is 1.26 bits per heavy atom. The van der Waals surface area contributed by atoms with Crippen LogP contribution in [0.2, 0.25) is 5.02 Å². The van der Waals surface area contributed by atoms with E-state index in [-0.39, 0.29) is 33.5 Å². The molecule has 142 valence electrons. The van der Waals surface area contributed by atoms with Gasteiger partial charge in [0.05, 0.1) is 22.7 Å². The van der Waals surface area contributed by atoms with Crippen LogP contribution in [0.3, 0.4) is 0 Å². The van der Waals surface area contributed by atoms with Crippen LogP contribution in [0.5, 0.6) is 11.5 Å². The second kappa shape index (κ2) is 8.37. The molecule has 2 N–H and O–H groups in total. The van der Waals surface area contributed by atoms with Crippen molar-refractivity contribution in [3.63, 3.8) is 0 Å². The number of carboxylic acid groups (broad SMARTS) is 1. The molecule has 27 heavy (non-hydrogen) atoms. The minimum Gasteiger partial charge on any atom is -0.490 e. The topological polar surface area (TPSA) is 128 Å². The normalized spacial score (nSPS) is 10.2. The van der Waals surface area contributed by atoms with Gasteiger partial charge in [-0.2, -0.15) is 0 Å². The van der Waals surface area contributed by atoms with Crippen molar-refractivity contribution in [2.24, 2.45) is 0 Å². The summed E-state index contributed by atoms with van der Waals surface area (Å²) in [6, 6.07) is 6.65. The number of aliphatic carboxylic acids is 1. The zero-order valence-electron chi connectivity index (χ0n) is 14.3. The Morgan fingerprint density at radius 2 is 1.96 bits per heavy atom. The van der Waals surface area contributed by atoms with Crippen LogP contribution >= 0.6 is 11.6 Å². The Labute approximate surface area is 158 Å². The largest absolute Gasteiger partial charge is 0.490 e. The highest BCUT2D eigenvalue weighted by molar-refractivity contribution is 6.34. The third-order valence-electron chi connectivity index (χ3n) is 3.50. The first-order valence-electron chi connectivity index (χ1n) is 7.51. The van der Waals surface area contributed by atoms with Crippen LogP contribution in [0, 0.1) is 17.0 Å². The molecule has 0 saturated carbocycles. The van der Waals surface area contributed by atoms with E-state index in [1.165, 1.54) is 31.4 Å². The van der Waals surface area contributed by atoms with Crippen molar-refractivity contribution in [3.8, 4) is 11.5 Å². The quantitative estimate of drug-likeness (QED) is 0.544. The smallest absolute Gasteiger partial charge is 0.341 e. The Kier molecular flexibility index (Phi) is 6.19. The summed E-state index contributed by atoms with van der Waals surface area (Å²) in [7, 11) is 1.28. The average Bonchev–Trinajstić information content (AvgIpc) is 2.62. The molecule has 0 unspecified atom stereocenters. The molecule has 0 aliphatic heterocycles. The monoisotopic (exact) mass is 394 g/mol. The first-order valence-corrected chi connectivity index (χ1v) is 7.89. The van der Waals surface area contributed by atoms with E-state index in [1.807, 2.05) is 0 Å². The van der Waals surface area contributed by atoms with Gasteiger partial charge in [-0.3, -0.25) is 14.9 Å². The van der Waals surface area contributed by atoms with E-state index in [4.69, 9.17) is 26.2 Å². The molecule has 10 heteroatoms. The number of carbonyl (C=O) groups excluding carboxylic acids is 1. The summed E-state index contributed by atoms with van der Waals surface area (Å²) in [6.07, 6.45) is 0. The molecule has 0 radical (unpaired) electrons. The van der Waals surface area contributed by atoms with Gasteiger partial charge in [-0.1, -0.05) is 11.6 Å². The standard InChI is InChI=1S/C17H15ClN2O7/c1-9-5-11(18)12(7-15(9)27-8-16(21)22)19-17(23)10-3-4-14(26-2)13(6-10)20(24)25/h3-7H,8H2,1-2H3,(H,19,23)(H,21,22). The molecule has 1 amide bonds. The summed E-state index contributed by atoms with van der Waals surface area (Å²) in [5.74, 6) is -1.54. The predicted octanol–water partition coefficient (Wildman–Crippen LogP) is 3.28. The third kappa shape index (κ3) is 4.85. The number of benzene rings is 2. The number of ether oxygens (including phenoxy) is 2. The average molecular weight is 395 g/mol. The Morgan fingerprint density at radius 3 is 2.56 bits per heavy atom. The number of rotatable bonds is 7. The van der Waals surface area contributed by atoms with Crippen LogP contribution in [0.1, 0.15) is 15.9 Å². The number of methoxy groups -OCH3 is 1. The molecule has 0 bridgehead atoms. The van der Waals surface area contributed by atoms with E-state index >= 15 is 0 Å². The molecular weight excluding hydrogens is 380 g/mol. The second-order valence-corrected chi connectivity index (χ2v) is 5.79. The van der Waals surface area contributed by atoms with Crippen molar-refractivity contribution in [1.29, 1.82) is 0 Å². The molecule has 0 heterocycles. The van der Waals surface area contributed by atoms with Gasteiger partial charge in [0, 0.05) is 17.7 Å². The summed E-state index contributed by atoms with van der Waals surface area (Å²) in [5.41, 5.74) is 0.420. The molecule has 0 fully saturated rings. The number of carboxylic acids is 1. The highest BCUT2D eigenvalue weighted by Gasteiger charge is 2.19. The van der Waals surface area contributed by atoms with Gasteiger partial charge in [0.25, 0.3) is 5.91 Å². The van der Waals surface area contributed by atoms with Crippen molar-refractivity contribution in [2.75, 3.05) is 19.0 Å². The number of hydrogen-bond donors (Lipinski definition) is 2. The predicted molar refractivity (Wildman–Crippen MR) is 96.9 cm³/mol. The van der Waals surface area contributed by atoms with E-state index in [1.54, 1.807) is 6.92 Å². The highest BCUT2D eigenvalue weighted by atomic mass is 35.5. The van der Waals surface area contributed by atoms with Gasteiger partial charge in [-0.25, -0.2) is 4.79 Å². The van der Waals surface area contributed by atoms with Gasteiger partial charge < -0.3 is 19.9 Å². The number of aryl methyl sites for hydroxylation is 1. The van der Waals surface area contributed by atoms with Gasteiger partial charge >= 0.3 is 11.7 Å². The molecule has 2 rings (SSSR count). The van der Waals surface area contributed by atoms with Crippen molar-refractivity contribution in [2.45, 2.75) is 6.92 Å². The number of nitrogens with zero attached hydrogens (tertiary/aromatic N) is 1. The maximum absolute atomic E-state index is 12.4. The summed E-state index contributed by atoms with van der Waals surface area (Å²) < 4.78 is 10.0. The SMILES string of the molecule is COc1ccc(C(=O)Nc2cc(OCC(=O)O)c(C)cc2Cl)cc1[N+](=O)[O-]. The molecular formula is C17H15ClN2O7. The molecule has 0 aromatic heterocycles. The molecule has 0 aliphatic rings. The summed E-state index contributed by atoms with van der Waals surface area (Å²) >= 11 is 6.11. The van der Waals surface area contributed by atoms with Crippen LogP contribution in [-0.2, 0) is 4.79 Å². The number of nitrogens with one attached hydrogen (secondary N) is 1.